The summed E-state index contributed by atoms with van der Waals surface area (Å²) in [7, 11) is 1.54. The van der Waals surface area contributed by atoms with Crippen LogP contribution in [0.4, 0.5) is 10.1 Å². The Bertz CT molecular complexity index is 912. The maximum Gasteiger partial charge on any atom is 0.260 e. The highest BCUT2D eigenvalue weighted by Gasteiger charge is 2.16. The Labute approximate surface area is 154 Å². The fourth-order valence-corrected chi connectivity index (χ4v) is 2.49. The predicted molar refractivity (Wildman–Crippen MR) is 96.7 cm³/mol. The number of ether oxygens (including phenoxy) is 2. The number of hydrogen-bond donors (Lipinski definition) is 1. The first kappa shape index (κ1) is 17.7. The molecule has 1 heterocycles. The Morgan fingerprint density at radius 1 is 1.08 bits per heavy atom. The van der Waals surface area contributed by atoms with E-state index in [1.807, 2.05) is 12.1 Å². The van der Waals surface area contributed by atoms with Gasteiger partial charge in [0, 0.05) is 6.07 Å². The number of carbonyl (C=O) groups is 1. The van der Waals surface area contributed by atoms with E-state index < -0.39 is 11.7 Å². The highest BCUT2D eigenvalue weighted by atomic mass is 35.5. The number of amides is 1. The summed E-state index contributed by atoms with van der Waals surface area (Å²) in [6.07, 6.45) is 1.40. The molecule has 7 heteroatoms. The Balaban J connectivity index is 1.73. The molecule has 0 saturated heterocycles. The average molecular weight is 373 g/mol. The normalized spacial score (nSPS) is 10.3. The molecule has 0 bridgehead atoms. The van der Waals surface area contributed by atoms with E-state index >= 15 is 0 Å². The molecule has 0 aliphatic rings. The van der Waals surface area contributed by atoms with Gasteiger partial charge in [0.1, 0.15) is 5.82 Å². The Morgan fingerprint density at radius 3 is 2.50 bits per heavy atom. The van der Waals surface area contributed by atoms with Crippen LogP contribution >= 0.6 is 11.6 Å². The van der Waals surface area contributed by atoms with Crippen LogP contribution in [0, 0.1) is 5.82 Å². The molecule has 0 fully saturated rings. The van der Waals surface area contributed by atoms with Crippen molar-refractivity contribution in [1.82, 2.24) is 4.98 Å². The monoisotopic (exact) mass is 372 g/mol. The summed E-state index contributed by atoms with van der Waals surface area (Å²) in [4.78, 5) is 16.3. The summed E-state index contributed by atoms with van der Waals surface area (Å²) in [6, 6.07) is 14.4. The van der Waals surface area contributed by atoms with Crippen molar-refractivity contribution in [3.05, 3.63) is 77.2 Å². The van der Waals surface area contributed by atoms with E-state index in [-0.39, 0.29) is 10.6 Å². The van der Waals surface area contributed by atoms with Gasteiger partial charge in [-0.2, -0.15) is 0 Å². The maximum atomic E-state index is 13.8. The van der Waals surface area contributed by atoms with Gasteiger partial charge in [0.25, 0.3) is 5.91 Å². The van der Waals surface area contributed by atoms with Gasteiger partial charge in [0.15, 0.2) is 11.5 Å². The minimum absolute atomic E-state index is 0.0339. The van der Waals surface area contributed by atoms with Crippen molar-refractivity contribution >= 4 is 23.2 Å². The zero-order valence-electron chi connectivity index (χ0n) is 13.7. The van der Waals surface area contributed by atoms with Gasteiger partial charge in [-0.15, -0.1) is 0 Å². The second-order valence-corrected chi connectivity index (χ2v) is 5.60. The van der Waals surface area contributed by atoms with Crippen LogP contribution in [0.25, 0.3) is 0 Å². The third kappa shape index (κ3) is 3.92. The maximum absolute atomic E-state index is 13.8. The van der Waals surface area contributed by atoms with Crippen molar-refractivity contribution in [2.24, 2.45) is 0 Å². The van der Waals surface area contributed by atoms with Gasteiger partial charge in [-0.25, -0.2) is 9.37 Å². The van der Waals surface area contributed by atoms with Gasteiger partial charge < -0.3 is 14.8 Å². The standard InChI is InChI=1S/C19H14ClFN2O3/c1-25-15-7-2-3-8-16(15)26-17-10-9-12(11-22-17)23-19(24)18-13(20)5-4-6-14(18)21/h2-11H,1H3,(H,23,24). The molecule has 0 radical (unpaired) electrons. The van der Waals surface area contributed by atoms with Gasteiger partial charge in [0.2, 0.25) is 5.88 Å². The molecule has 0 saturated carbocycles. The van der Waals surface area contributed by atoms with E-state index in [2.05, 4.69) is 10.3 Å². The van der Waals surface area contributed by atoms with E-state index in [1.165, 1.54) is 24.4 Å². The lowest BCUT2D eigenvalue weighted by atomic mass is 10.2. The highest BCUT2D eigenvalue weighted by Crippen LogP contribution is 2.30. The lowest BCUT2D eigenvalue weighted by molar-refractivity contribution is 0.102. The topological polar surface area (TPSA) is 60.5 Å². The molecule has 26 heavy (non-hydrogen) atoms. The SMILES string of the molecule is COc1ccccc1Oc1ccc(NC(=O)c2c(F)cccc2Cl)cn1. The van der Waals surface area contributed by atoms with Crippen LogP contribution in [0.5, 0.6) is 17.4 Å². The number of aromatic nitrogens is 1. The molecule has 3 rings (SSSR count). The van der Waals surface area contributed by atoms with Crippen LogP contribution in [0.3, 0.4) is 0 Å². The summed E-state index contributed by atoms with van der Waals surface area (Å²) in [5, 5.41) is 2.58. The van der Waals surface area contributed by atoms with Crippen LogP contribution in [0.1, 0.15) is 10.4 Å². The predicted octanol–water partition coefficient (Wildman–Crippen LogP) is 4.93. The van der Waals surface area contributed by atoms with Crippen LogP contribution in [0.2, 0.25) is 5.02 Å². The number of anilines is 1. The van der Waals surface area contributed by atoms with Crippen LogP contribution in [-0.2, 0) is 0 Å². The average Bonchev–Trinajstić information content (AvgIpc) is 2.63. The number of nitrogens with zero attached hydrogens (tertiary/aromatic N) is 1. The molecule has 132 valence electrons. The van der Waals surface area contributed by atoms with Gasteiger partial charge in [0.05, 0.1) is 29.6 Å². The number of para-hydroxylation sites is 2. The van der Waals surface area contributed by atoms with Crippen molar-refractivity contribution in [3.8, 4) is 17.4 Å². The molecule has 2 aromatic carbocycles. The summed E-state index contributed by atoms with van der Waals surface area (Å²) < 4.78 is 24.6. The molecule has 3 aromatic rings. The first-order chi connectivity index (χ1) is 12.6. The number of benzene rings is 2. The van der Waals surface area contributed by atoms with E-state index in [9.17, 15) is 9.18 Å². The van der Waals surface area contributed by atoms with Crippen molar-refractivity contribution in [3.63, 3.8) is 0 Å². The van der Waals surface area contributed by atoms with Crippen molar-refractivity contribution in [1.29, 1.82) is 0 Å². The smallest absolute Gasteiger partial charge is 0.260 e. The third-order valence-electron chi connectivity index (χ3n) is 3.47. The van der Waals surface area contributed by atoms with Crippen LogP contribution in [0.15, 0.2) is 60.8 Å². The fourth-order valence-electron chi connectivity index (χ4n) is 2.24. The van der Waals surface area contributed by atoms with Crippen molar-refractivity contribution < 1.29 is 18.7 Å². The molecule has 1 amide bonds. The van der Waals surface area contributed by atoms with Crippen molar-refractivity contribution in [2.45, 2.75) is 0 Å². The number of rotatable bonds is 5. The van der Waals surface area contributed by atoms with E-state index in [0.29, 0.717) is 23.1 Å². The third-order valence-corrected chi connectivity index (χ3v) is 3.78. The molecule has 0 unspecified atom stereocenters. The fraction of sp³-hybridized carbons (Fsp3) is 0.0526. The lowest BCUT2D eigenvalue weighted by Crippen LogP contribution is -2.14. The highest BCUT2D eigenvalue weighted by molar-refractivity contribution is 6.34. The molecular formula is C19H14ClFN2O3. The minimum atomic E-state index is -0.695. The quantitative estimate of drug-likeness (QED) is 0.690. The molecule has 1 aromatic heterocycles. The minimum Gasteiger partial charge on any atom is -0.493 e. The molecule has 0 atom stereocenters. The van der Waals surface area contributed by atoms with Crippen molar-refractivity contribution in [2.75, 3.05) is 12.4 Å². The van der Waals surface area contributed by atoms with Gasteiger partial charge in [-0.1, -0.05) is 29.8 Å². The number of hydrogen-bond acceptors (Lipinski definition) is 4. The largest absolute Gasteiger partial charge is 0.493 e. The Hall–Kier alpha value is -3.12. The molecule has 0 spiro atoms. The number of halogens is 2. The first-order valence-corrected chi connectivity index (χ1v) is 7.98. The van der Waals surface area contributed by atoms with E-state index in [0.717, 1.165) is 0 Å². The Kier molecular flexibility index (Phi) is 5.34. The van der Waals surface area contributed by atoms with Gasteiger partial charge >= 0.3 is 0 Å². The van der Waals surface area contributed by atoms with Gasteiger partial charge in [-0.3, -0.25) is 4.79 Å². The van der Waals surface area contributed by atoms with Crippen LogP contribution in [-0.4, -0.2) is 18.0 Å². The lowest BCUT2D eigenvalue weighted by Gasteiger charge is -2.10. The molecule has 1 N–H and O–H groups in total. The van der Waals surface area contributed by atoms with Crippen LogP contribution < -0.4 is 14.8 Å². The molecule has 0 aliphatic heterocycles. The second-order valence-electron chi connectivity index (χ2n) is 5.19. The van der Waals surface area contributed by atoms with E-state index in [4.69, 9.17) is 21.1 Å². The second kappa shape index (κ2) is 7.84. The molecule has 5 nitrogen and oxygen atoms in total. The number of carbonyl (C=O) groups excluding carboxylic acids is 1. The van der Waals surface area contributed by atoms with E-state index in [1.54, 1.807) is 31.4 Å². The van der Waals surface area contributed by atoms with Gasteiger partial charge in [-0.05, 0) is 30.3 Å². The Morgan fingerprint density at radius 2 is 1.85 bits per heavy atom. The summed E-state index contributed by atoms with van der Waals surface area (Å²) in [5.41, 5.74) is 0.158. The zero-order valence-corrected chi connectivity index (χ0v) is 14.5. The summed E-state index contributed by atoms with van der Waals surface area (Å²) in [5.74, 6) is 0.0436. The number of pyridine rings is 1. The first-order valence-electron chi connectivity index (χ1n) is 7.61. The number of nitrogens with one attached hydrogen (secondary N) is 1. The zero-order chi connectivity index (χ0) is 18.5. The molecular weight excluding hydrogens is 359 g/mol. The molecule has 0 aliphatic carbocycles. The summed E-state index contributed by atoms with van der Waals surface area (Å²) in [6.45, 7) is 0. The number of methoxy groups -OCH3 is 1. The summed E-state index contributed by atoms with van der Waals surface area (Å²) >= 11 is 5.89.